The van der Waals surface area contributed by atoms with E-state index in [9.17, 15) is 10.0 Å². The van der Waals surface area contributed by atoms with Gasteiger partial charge in [0.05, 0.1) is 19.8 Å². The van der Waals surface area contributed by atoms with Gasteiger partial charge in [-0.05, 0) is 36.9 Å². The number of rotatable bonds is 37. The molecule has 0 aromatic heterocycles. The molecule has 0 unspecified atom stereocenters. The van der Waals surface area contributed by atoms with Crippen LogP contribution in [-0.4, -0.2) is 37.0 Å². The fourth-order valence-electron chi connectivity index (χ4n) is 6.41. The Kier molecular flexibility index (Phi) is 31.7. The van der Waals surface area contributed by atoms with Crippen LogP contribution in [0.4, 0.5) is 0 Å². The fraction of sp³-hybridized carbons (Fsp3) is 0.857. The highest BCUT2D eigenvalue weighted by Crippen LogP contribution is 2.37. The summed E-state index contributed by atoms with van der Waals surface area (Å²) in [5, 5.41) is 20.1. The Morgan fingerprint density at radius 3 is 0.896 bits per heavy atom. The molecule has 0 amide bonds. The summed E-state index contributed by atoms with van der Waals surface area (Å²) >= 11 is 0. The Balaban J connectivity index is 2.61. The van der Waals surface area contributed by atoms with Gasteiger partial charge >= 0.3 is 7.12 Å². The topological polar surface area (TPSA) is 68.2 Å². The summed E-state index contributed by atoms with van der Waals surface area (Å²) in [4.78, 5) is 0. The van der Waals surface area contributed by atoms with Crippen LogP contribution in [0.25, 0.3) is 0 Å². The molecule has 0 bridgehead atoms. The molecular formula is C42H79BO5. The third-order valence-electron chi connectivity index (χ3n) is 9.60. The Hall–Kier alpha value is -1.40. The van der Waals surface area contributed by atoms with Crippen molar-refractivity contribution in [1.29, 1.82) is 0 Å². The zero-order chi connectivity index (χ0) is 34.8. The number of benzene rings is 1. The predicted octanol–water partition coefficient (Wildman–Crippen LogP) is 12.3. The smallest absolute Gasteiger partial charge is 0.488 e. The lowest BCUT2D eigenvalue weighted by Crippen LogP contribution is -2.30. The molecule has 1 aromatic rings. The minimum Gasteiger partial charge on any atom is -0.490 e. The van der Waals surface area contributed by atoms with E-state index in [4.69, 9.17) is 14.2 Å². The van der Waals surface area contributed by atoms with Gasteiger partial charge in [-0.3, -0.25) is 0 Å². The van der Waals surface area contributed by atoms with Crippen LogP contribution in [0.5, 0.6) is 17.2 Å². The van der Waals surface area contributed by atoms with Crippen LogP contribution in [0.1, 0.15) is 213 Å². The summed E-state index contributed by atoms with van der Waals surface area (Å²) in [7, 11) is -1.58. The Morgan fingerprint density at radius 2 is 0.625 bits per heavy atom. The van der Waals surface area contributed by atoms with Gasteiger partial charge < -0.3 is 24.3 Å². The molecule has 0 saturated heterocycles. The van der Waals surface area contributed by atoms with E-state index in [0.29, 0.717) is 42.5 Å². The second-order valence-electron chi connectivity index (χ2n) is 14.3. The van der Waals surface area contributed by atoms with Crippen LogP contribution in [0.3, 0.4) is 0 Å². The fourth-order valence-corrected chi connectivity index (χ4v) is 6.41. The van der Waals surface area contributed by atoms with E-state index in [1.165, 1.54) is 154 Å². The Bertz CT molecular complexity index is 770. The maximum Gasteiger partial charge on any atom is 0.488 e. The highest BCUT2D eigenvalue weighted by Gasteiger charge is 2.21. The minimum absolute atomic E-state index is 0.387. The second kappa shape index (κ2) is 34.1. The third-order valence-corrected chi connectivity index (χ3v) is 9.60. The van der Waals surface area contributed by atoms with E-state index < -0.39 is 7.12 Å². The van der Waals surface area contributed by atoms with Crippen molar-refractivity contribution >= 4 is 12.6 Å². The van der Waals surface area contributed by atoms with Crippen LogP contribution < -0.4 is 19.7 Å². The molecule has 1 aromatic carbocycles. The van der Waals surface area contributed by atoms with E-state index in [0.717, 1.165) is 38.5 Å². The summed E-state index contributed by atoms with van der Waals surface area (Å²) < 4.78 is 18.9. The van der Waals surface area contributed by atoms with Crippen molar-refractivity contribution in [3.8, 4) is 17.2 Å². The summed E-state index contributed by atoms with van der Waals surface area (Å²) in [6.45, 7) is 8.60. The van der Waals surface area contributed by atoms with Crippen LogP contribution in [0, 0.1) is 0 Å². The largest absolute Gasteiger partial charge is 0.490 e. The first-order valence-electron chi connectivity index (χ1n) is 21.1. The van der Waals surface area contributed by atoms with Crippen LogP contribution in [-0.2, 0) is 0 Å². The first kappa shape index (κ1) is 44.6. The summed E-state index contributed by atoms with van der Waals surface area (Å²) in [5.74, 6) is 1.76. The van der Waals surface area contributed by atoms with Crippen molar-refractivity contribution in [2.75, 3.05) is 19.8 Å². The van der Waals surface area contributed by atoms with E-state index in [2.05, 4.69) is 20.8 Å². The van der Waals surface area contributed by atoms with E-state index in [1.54, 1.807) is 12.1 Å². The maximum absolute atomic E-state index is 10.1. The van der Waals surface area contributed by atoms with Gasteiger partial charge in [-0.25, -0.2) is 0 Å². The molecule has 0 aliphatic carbocycles. The van der Waals surface area contributed by atoms with Crippen LogP contribution >= 0.6 is 0 Å². The van der Waals surface area contributed by atoms with Gasteiger partial charge in [0.2, 0.25) is 5.75 Å². The first-order chi connectivity index (χ1) is 23.6. The molecular weight excluding hydrogens is 595 g/mol. The molecule has 280 valence electrons. The molecule has 0 spiro atoms. The lowest BCUT2D eigenvalue weighted by molar-refractivity contribution is 0.234. The van der Waals surface area contributed by atoms with Crippen molar-refractivity contribution in [2.24, 2.45) is 0 Å². The van der Waals surface area contributed by atoms with Crippen molar-refractivity contribution in [2.45, 2.75) is 213 Å². The first-order valence-corrected chi connectivity index (χ1v) is 21.1. The van der Waals surface area contributed by atoms with Crippen molar-refractivity contribution < 1.29 is 24.3 Å². The van der Waals surface area contributed by atoms with Crippen LogP contribution in [0.2, 0.25) is 0 Å². The lowest BCUT2D eigenvalue weighted by atomic mass is 9.80. The summed E-state index contributed by atoms with van der Waals surface area (Å²) in [6, 6.07) is 3.45. The number of hydrogen-bond donors (Lipinski definition) is 2. The molecule has 0 fully saturated rings. The zero-order valence-corrected chi connectivity index (χ0v) is 32.2. The van der Waals surface area contributed by atoms with Gasteiger partial charge in [-0.15, -0.1) is 0 Å². The summed E-state index contributed by atoms with van der Waals surface area (Å²) in [5.41, 5.74) is 0.387. The van der Waals surface area contributed by atoms with Crippen molar-refractivity contribution in [3.63, 3.8) is 0 Å². The van der Waals surface area contributed by atoms with Crippen molar-refractivity contribution in [3.05, 3.63) is 12.1 Å². The highest BCUT2D eigenvalue weighted by atomic mass is 16.5. The Labute approximate surface area is 298 Å². The van der Waals surface area contributed by atoms with E-state index >= 15 is 0 Å². The van der Waals surface area contributed by atoms with Gasteiger partial charge in [-0.2, -0.15) is 0 Å². The van der Waals surface area contributed by atoms with Gasteiger partial charge in [0.1, 0.15) is 0 Å². The monoisotopic (exact) mass is 675 g/mol. The average molecular weight is 675 g/mol. The molecule has 0 aliphatic rings. The molecule has 5 nitrogen and oxygen atoms in total. The predicted molar refractivity (Wildman–Crippen MR) is 208 cm³/mol. The molecule has 48 heavy (non-hydrogen) atoms. The zero-order valence-electron chi connectivity index (χ0n) is 32.2. The normalized spacial score (nSPS) is 11.3. The van der Waals surface area contributed by atoms with Crippen LogP contribution in [0.15, 0.2) is 12.1 Å². The number of ether oxygens (including phenoxy) is 3. The number of hydrogen-bond acceptors (Lipinski definition) is 5. The second-order valence-corrected chi connectivity index (χ2v) is 14.3. The standard InChI is InChI=1S/C42H79BO5/c1-4-7-10-13-16-19-22-25-28-31-34-46-40-37-39(43(44)45)38-41(47-35-32-29-26-23-20-17-14-11-8-5-2)42(40)48-36-33-30-27-24-21-18-15-12-9-6-3/h37-38,44-45H,4-36H2,1-3H3. The lowest BCUT2D eigenvalue weighted by Gasteiger charge is -2.19. The third kappa shape index (κ3) is 25.6. The number of unbranched alkanes of at least 4 members (excludes halogenated alkanes) is 27. The van der Waals surface area contributed by atoms with E-state index in [1.807, 2.05) is 0 Å². The molecule has 1 rings (SSSR count). The van der Waals surface area contributed by atoms with E-state index in [-0.39, 0.29) is 0 Å². The SMILES string of the molecule is CCCCCCCCCCCCOc1cc(B(O)O)cc(OCCCCCCCCCCCC)c1OCCCCCCCCCCCC. The molecule has 2 N–H and O–H groups in total. The van der Waals surface area contributed by atoms with Gasteiger partial charge in [-0.1, -0.05) is 194 Å². The summed E-state index contributed by atoms with van der Waals surface area (Å²) in [6.07, 6.45) is 38.3. The molecule has 6 heteroatoms. The quantitative estimate of drug-likeness (QED) is 0.0543. The average Bonchev–Trinajstić information content (AvgIpc) is 3.08. The van der Waals surface area contributed by atoms with Gasteiger partial charge in [0.15, 0.2) is 11.5 Å². The van der Waals surface area contributed by atoms with Crippen molar-refractivity contribution in [1.82, 2.24) is 0 Å². The van der Waals surface area contributed by atoms with Gasteiger partial charge in [0, 0.05) is 0 Å². The Morgan fingerprint density at radius 1 is 0.375 bits per heavy atom. The molecule has 0 heterocycles. The molecule has 0 radical (unpaired) electrons. The minimum atomic E-state index is -1.58. The molecule has 0 saturated carbocycles. The maximum atomic E-state index is 10.1. The molecule has 0 aliphatic heterocycles. The van der Waals surface area contributed by atoms with Gasteiger partial charge in [0.25, 0.3) is 0 Å². The highest BCUT2D eigenvalue weighted by molar-refractivity contribution is 6.58. The molecule has 0 atom stereocenters.